The van der Waals surface area contributed by atoms with Gasteiger partial charge >= 0.3 is 6.61 Å². The number of alkyl halides is 2. The first-order chi connectivity index (χ1) is 11.7. The first kappa shape index (κ1) is 15.8. The minimum absolute atomic E-state index is 0.0506. The molecule has 0 aliphatic carbocycles. The smallest absolute Gasteiger partial charge is 0.387 e. The van der Waals surface area contributed by atoms with E-state index in [2.05, 4.69) is 25.1 Å². The summed E-state index contributed by atoms with van der Waals surface area (Å²) in [4.78, 5) is 5.90. The van der Waals surface area contributed by atoms with Crippen LogP contribution in [0, 0.1) is 0 Å². The largest absolute Gasteiger partial charge is 0.494 e. The summed E-state index contributed by atoms with van der Waals surface area (Å²) in [6.45, 7) is -2.57. The number of methoxy groups -OCH3 is 1. The van der Waals surface area contributed by atoms with Crippen LogP contribution in [0.2, 0.25) is 0 Å². The Morgan fingerprint density at radius 1 is 1.21 bits per heavy atom. The van der Waals surface area contributed by atoms with E-state index in [1.54, 1.807) is 24.3 Å². The maximum absolute atomic E-state index is 12.4. The van der Waals surface area contributed by atoms with Crippen LogP contribution < -0.4 is 9.47 Å². The van der Waals surface area contributed by atoms with Crippen LogP contribution in [0.1, 0.15) is 5.69 Å². The first-order valence-corrected chi connectivity index (χ1v) is 6.95. The van der Waals surface area contributed by atoms with Crippen molar-refractivity contribution < 1.29 is 18.3 Å². The molecule has 0 N–H and O–H groups in total. The van der Waals surface area contributed by atoms with Crippen LogP contribution in [0.3, 0.4) is 0 Å². The number of hydrogen-bond donors (Lipinski definition) is 0. The van der Waals surface area contributed by atoms with Gasteiger partial charge in [0.1, 0.15) is 23.7 Å². The number of tetrazole rings is 1. The van der Waals surface area contributed by atoms with Crippen molar-refractivity contribution in [3.63, 3.8) is 0 Å². The number of hydrogen-bond acceptors (Lipinski definition) is 6. The molecule has 0 aliphatic rings. The number of benzene rings is 1. The highest BCUT2D eigenvalue weighted by atomic mass is 19.3. The van der Waals surface area contributed by atoms with Crippen LogP contribution in [-0.4, -0.2) is 38.9 Å². The summed E-state index contributed by atoms with van der Waals surface area (Å²) in [5.41, 5.74) is 1.78. The maximum atomic E-state index is 12.4. The van der Waals surface area contributed by atoms with E-state index < -0.39 is 6.61 Å². The van der Waals surface area contributed by atoms with E-state index in [0.717, 1.165) is 0 Å². The SMILES string of the molecule is COc1ccc(Cn2ncnn2)nc1-c1cccc(OC(F)F)c1. The predicted molar refractivity (Wildman–Crippen MR) is 79.8 cm³/mol. The van der Waals surface area contributed by atoms with Gasteiger partial charge < -0.3 is 9.47 Å². The lowest BCUT2D eigenvalue weighted by atomic mass is 10.1. The van der Waals surface area contributed by atoms with Gasteiger partial charge in [0.15, 0.2) is 6.33 Å². The molecule has 2 aromatic heterocycles. The van der Waals surface area contributed by atoms with E-state index in [1.165, 1.54) is 30.4 Å². The lowest BCUT2D eigenvalue weighted by Gasteiger charge is -2.11. The van der Waals surface area contributed by atoms with Gasteiger partial charge in [-0.15, -0.1) is 10.2 Å². The van der Waals surface area contributed by atoms with E-state index in [4.69, 9.17) is 4.74 Å². The Balaban J connectivity index is 1.96. The molecule has 3 aromatic rings. The molecule has 0 bridgehead atoms. The highest BCUT2D eigenvalue weighted by Crippen LogP contribution is 2.31. The molecule has 0 unspecified atom stereocenters. The average molecular weight is 333 g/mol. The Bertz CT molecular complexity index is 811. The molecular weight excluding hydrogens is 320 g/mol. The van der Waals surface area contributed by atoms with Crippen molar-refractivity contribution in [2.45, 2.75) is 13.2 Å². The number of halogens is 2. The third-order valence-corrected chi connectivity index (χ3v) is 3.16. The van der Waals surface area contributed by atoms with E-state index in [-0.39, 0.29) is 5.75 Å². The van der Waals surface area contributed by atoms with Gasteiger partial charge in [0.05, 0.1) is 12.8 Å². The maximum Gasteiger partial charge on any atom is 0.387 e. The van der Waals surface area contributed by atoms with Gasteiger partial charge in [0.25, 0.3) is 0 Å². The van der Waals surface area contributed by atoms with Gasteiger partial charge in [-0.05, 0) is 29.5 Å². The molecule has 0 radical (unpaired) electrons. The quantitative estimate of drug-likeness (QED) is 0.689. The molecule has 0 spiro atoms. The Kier molecular flexibility index (Phi) is 4.59. The van der Waals surface area contributed by atoms with Gasteiger partial charge in [0, 0.05) is 5.56 Å². The summed E-state index contributed by atoms with van der Waals surface area (Å²) in [6, 6.07) is 9.79. The van der Waals surface area contributed by atoms with Crippen LogP contribution in [0.5, 0.6) is 11.5 Å². The standard InChI is InChI=1S/C15H13F2N5O2/c1-23-13-6-5-11(8-22-19-9-18-21-22)20-14(13)10-3-2-4-12(7-10)24-15(16)17/h2-7,9,15H,8H2,1H3. The van der Waals surface area contributed by atoms with E-state index >= 15 is 0 Å². The Morgan fingerprint density at radius 2 is 2.08 bits per heavy atom. The molecule has 0 atom stereocenters. The zero-order valence-electron chi connectivity index (χ0n) is 12.6. The summed E-state index contributed by atoms with van der Waals surface area (Å²) < 4.78 is 34.5. The number of ether oxygens (including phenoxy) is 2. The monoisotopic (exact) mass is 333 g/mol. The zero-order chi connectivity index (χ0) is 16.9. The topological polar surface area (TPSA) is 75.0 Å². The van der Waals surface area contributed by atoms with Gasteiger partial charge in [-0.1, -0.05) is 12.1 Å². The number of rotatable bonds is 6. The number of nitrogens with zero attached hydrogens (tertiary/aromatic N) is 5. The Hall–Kier alpha value is -3.10. The van der Waals surface area contributed by atoms with E-state index in [9.17, 15) is 8.78 Å². The summed E-state index contributed by atoms with van der Waals surface area (Å²) >= 11 is 0. The normalized spacial score (nSPS) is 10.8. The highest BCUT2D eigenvalue weighted by molar-refractivity contribution is 5.67. The second-order valence-corrected chi connectivity index (χ2v) is 4.73. The van der Waals surface area contributed by atoms with Crippen molar-refractivity contribution in [3.05, 3.63) is 48.4 Å². The Morgan fingerprint density at radius 3 is 2.79 bits per heavy atom. The van der Waals surface area contributed by atoms with Crippen molar-refractivity contribution in [2.75, 3.05) is 7.11 Å². The molecule has 2 heterocycles. The molecule has 124 valence electrons. The number of aromatic nitrogens is 5. The molecule has 1 aromatic carbocycles. The second kappa shape index (κ2) is 6.99. The average Bonchev–Trinajstić information content (AvgIpc) is 3.07. The van der Waals surface area contributed by atoms with E-state index in [1.807, 2.05) is 0 Å². The van der Waals surface area contributed by atoms with Crippen molar-refractivity contribution in [1.82, 2.24) is 25.2 Å². The molecule has 0 saturated carbocycles. The fourth-order valence-electron chi connectivity index (χ4n) is 2.17. The van der Waals surface area contributed by atoms with Gasteiger partial charge in [-0.3, -0.25) is 0 Å². The molecular formula is C15H13F2N5O2. The molecule has 0 saturated heterocycles. The Labute approximate surface area is 135 Å². The fraction of sp³-hybridized carbons (Fsp3) is 0.200. The van der Waals surface area contributed by atoms with Crippen LogP contribution in [-0.2, 0) is 6.54 Å². The highest BCUT2D eigenvalue weighted by Gasteiger charge is 2.12. The minimum atomic E-state index is -2.89. The summed E-state index contributed by atoms with van der Waals surface area (Å²) in [6.07, 6.45) is 1.33. The summed E-state index contributed by atoms with van der Waals surface area (Å²) in [5, 5.41) is 11.3. The molecule has 0 fully saturated rings. The van der Waals surface area contributed by atoms with Gasteiger partial charge in [0.2, 0.25) is 0 Å². The molecule has 0 amide bonds. The molecule has 3 rings (SSSR count). The molecule has 0 aliphatic heterocycles. The minimum Gasteiger partial charge on any atom is -0.494 e. The van der Waals surface area contributed by atoms with Gasteiger partial charge in [-0.2, -0.15) is 13.6 Å². The summed E-state index contributed by atoms with van der Waals surface area (Å²) in [5.74, 6) is 0.564. The van der Waals surface area contributed by atoms with Gasteiger partial charge in [-0.25, -0.2) is 4.98 Å². The number of pyridine rings is 1. The van der Waals surface area contributed by atoms with Crippen molar-refractivity contribution >= 4 is 0 Å². The third kappa shape index (κ3) is 3.62. The van der Waals surface area contributed by atoms with Crippen molar-refractivity contribution in [1.29, 1.82) is 0 Å². The van der Waals surface area contributed by atoms with Crippen LogP contribution >= 0.6 is 0 Å². The lowest BCUT2D eigenvalue weighted by Crippen LogP contribution is -2.07. The third-order valence-electron chi connectivity index (χ3n) is 3.16. The van der Waals surface area contributed by atoms with Crippen molar-refractivity contribution in [2.24, 2.45) is 0 Å². The zero-order valence-corrected chi connectivity index (χ0v) is 12.6. The van der Waals surface area contributed by atoms with E-state index in [0.29, 0.717) is 29.2 Å². The molecule has 7 nitrogen and oxygen atoms in total. The lowest BCUT2D eigenvalue weighted by molar-refractivity contribution is -0.0498. The fourth-order valence-corrected chi connectivity index (χ4v) is 2.17. The van der Waals surface area contributed by atoms with Crippen molar-refractivity contribution in [3.8, 4) is 22.8 Å². The molecule has 24 heavy (non-hydrogen) atoms. The first-order valence-electron chi connectivity index (χ1n) is 6.95. The molecule has 9 heteroatoms. The van der Waals surface area contributed by atoms with Crippen LogP contribution in [0.4, 0.5) is 8.78 Å². The summed E-state index contributed by atoms with van der Waals surface area (Å²) in [7, 11) is 1.51. The van der Waals surface area contributed by atoms with Crippen LogP contribution in [0.15, 0.2) is 42.7 Å². The van der Waals surface area contributed by atoms with Crippen LogP contribution in [0.25, 0.3) is 11.3 Å². The second-order valence-electron chi connectivity index (χ2n) is 4.73. The predicted octanol–water partition coefficient (Wildman–Crippen LogP) is 2.39.